The zero-order valence-corrected chi connectivity index (χ0v) is 12.1. The highest BCUT2D eigenvalue weighted by molar-refractivity contribution is 4.99. The molecule has 0 aliphatic heterocycles. The topological polar surface area (TPSA) is 35.5 Å². The van der Waals surface area contributed by atoms with Gasteiger partial charge in [-0.1, -0.05) is 13.8 Å². The zero-order chi connectivity index (χ0) is 13.0. The number of rotatable bonds is 8. The molecular weight excluding hydrogens is 224 g/mol. The van der Waals surface area contributed by atoms with E-state index in [1.165, 1.54) is 38.8 Å². The SMILES string of the molecule is CCCN(CC1CC1)C1CCC(CO)(NCC)C1. The molecule has 0 spiro atoms. The van der Waals surface area contributed by atoms with Crippen LogP contribution in [0, 0.1) is 5.92 Å². The first-order chi connectivity index (χ1) is 8.73. The molecule has 2 N–H and O–H groups in total. The number of aliphatic hydroxyl groups excluding tert-OH is 1. The van der Waals surface area contributed by atoms with E-state index in [2.05, 4.69) is 24.1 Å². The Hall–Kier alpha value is -0.120. The minimum absolute atomic E-state index is 0.00889. The van der Waals surface area contributed by atoms with E-state index in [9.17, 15) is 5.11 Å². The summed E-state index contributed by atoms with van der Waals surface area (Å²) in [4.78, 5) is 2.70. The number of hydrogen-bond acceptors (Lipinski definition) is 3. The average Bonchev–Trinajstić information content (AvgIpc) is 3.09. The van der Waals surface area contributed by atoms with Gasteiger partial charge in [0.1, 0.15) is 0 Å². The van der Waals surface area contributed by atoms with Crippen molar-refractivity contribution in [2.24, 2.45) is 5.92 Å². The van der Waals surface area contributed by atoms with Crippen LogP contribution in [0.5, 0.6) is 0 Å². The molecule has 2 aliphatic rings. The lowest BCUT2D eigenvalue weighted by molar-refractivity contribution is 0.141. The van der Waals surface area contributed by atoms with Gasteiger partial charge < -0.3 is 15.3 Å². The van der Waals surface area contributed by atoms with Crippen molar-refractivity contribution in [1.82, 2.24) is 10.2 Å². The van der Waals surface area contributed by atoms with Crippen molar-refractivity contribution >= 4 is 0 Å². The lowest BCUT2D eigenvalue weighted by Crippen LogP contribution is -2.48. The monoisotopic (exact) mass is 254 g/mol. The summed E-state index contributed by atoms with van der Waals surface area (Å²) in [5, 5.41) is 13.2. The molecule has 0 heterocycles. The fourth-order valence-electron chi connectivity index (χ4n) is 3.49. The third-order valence-corrected chi connectivity index (χ3v) is 4.65. The molecule has 0 aromatic heterocycles. The van der Waals surface area contributed by atoms with Gasteiger partial charge >= 0.3 is 0 Å². The van der Waals surface area contributed by atoms with Gasteiger partial charge in [0.05, 0.1) is 6.61 Å². The Morgan fingerprint density at radius 2 is 2.06 bits per heavy atom. The Balaban J connectivity index is 1.90. The highest BCUT2D eigenvalue weighted by Gasteiger charge is 2.41. The molecule has 106 valence electrons. The van der Waals surface area contributed by atoms with E-state index in [0.717, 1.165) is 25.3 Å². The van der Waals surface area contributed by atoms with Crippen molar-refractivity contribution in [3.05, 3.63) is 0 Å². The summed E-state index contributed by atoms with van der Waals surface area (Å²) in [7, 11) is 0. The van der Waals surface area contributed by atoms with Crippen LogP contribution in [0.4, 0.5) is 0 Å². The van der Waals surface area contributed by atoms with Crippen LogP contribution < -0.4 is 5.32 Å². The highest BCUT2D eigenvalue weighted by Crippen LogP contribution is 2.36. The molecular formula is C15H30N2O. The Labute approximate surface area is 112 Å². The molecule has 2 saturated carbocycles. The van der Waals surface area contributed by atoms with Gasteiger partial charge in [-0.15, -0.1) is 0 Å². The summed E-state index contributed by atoms with van der Waals surface area (Å²) >= 11 is 0. The number of nitrogens with one attached hydrogen (secondary N) is 1. The molecule has 0 amide bonds. The molecule has 0 bridgehead atoms. The second-order valence-corrected chi connectivity index (χ2v) is 6.30. The maximum absolute atomic E-state index is 9.69. The second kappa shape index (κ2) is 6.36. The maximum atomic E-state index is 9.69. The van der Waals surface area contributed by atoms with Gasteiger partial charge in [0.15, 0.2) is 0 Å². The van der Waals surface area contributed by atoms with Gasteiger partial charge in [-0.2, -0.15) is 0 Å². The summed E-state index contributed by atoms with van der Waals surface area (Å²) in [5.74, 6) is 0.972. The van der Waals surface area contributed by atoms with Gasteiger partial charge in [0, 0.05) is 18.1 Å². The molecule has 0 saturated heterocycles. The second-order valence-electron chi connectivity index (χ2n) is 6.30. The molecule has 0 aromatic carbocycles. The molecule has 0 radical (unpaired) electrons. The molecule has 2 rings (SSSR count). The van der Waals surface area contributed by atoms with Crippen molar-refractivity contribution in [3.63, 3.8) is 0 Å². The first-order valence-electron chi connectivity index (χ1n) is 7.83. The van der Waals surface area contributed by atoms with E-state index in [4.69, 9.17) is 0 Å². The quantitative estimate of drug-likeness (QED) is 0.695. The first-order valence-corrected chi connectivity index (χ1v) is 7.83. The number of hydrogen-bond donors (Lipinski definition) is 2. The van der Waals surface area contributed by atoms with Crippen LogP contribution in [0.3, 0.4) is 0 Å². The molecule has 2 unspecified atom stereocenters. The van der Waals surface area contributed by atoms with E-state index in [0.29, 0.717) is 12.6 Å². The van der Waals surface area contributed by atoms with Gasteiger partial charge in [0.25, 0.3) is 0 Å². The number of aliphatic hydroxyl groups is 1. The normalized spacial score (nSPS) is 32.3. The Morgan fingerprint density at radius 1 is 1.28 bits per heavy atom. The lowest BCUT2D eigenvalue weighted by Gasteiger charge is -2.32. The van der Waals surface area contributed by atoms with Crippen molar-refractivity contribution in [2.75, 3.05) is 26.2 Å². The molecule has 2 atom stereocenters. The van der Waals surface area contributed by atoms with Crippen LogP contribution >= 0.6 is 0 Å². The van der Waals surface area contributed by atoms with Crippen LogP contribution in [0.2, 0.25) is 0 Å². The predicted octanol–water partition coefficient (Wildman–Crippen LogP) is 2.00. The van der Waals surface area contributed by atoms with Gasteiger partial charge in [-0.3, -0.25) is 0 Å². The third-order valence-electron chi connectivity index (χ3n) is 4.65. The minimum Gasteiger partial charge on any atom is -0.394 e. The Morgan fingerprint density at radius 3 is 2.61 bits per heavy atom. The fourth-order valence-corrected chi connectivity index (χ4v) is 3.49. The third kappa shape index (κ3) is 3.46. The summed E-state index contributed by atoms with van der Waals surface area (Å²) < 4.78 is 0. The highest BCUT2D eigenvalue weighted by atomic mass is 16.3. The van der Waals surface area contributed by atoms with Crippen LogP contribution in [0.25, 0.3) is 0 Å². The largest absolute Gasteiger partial charge is 0.394 e. The molecule has 2 aliphatic carbocycles. The van der Waals surface area contributed by atoms with Crippen molar-refractivity contribution in [1.29, 1.82) is 0 Å². The molecule has 2 fully saturated rings. The molecule has 18 heavy (non-hydrogen) atoms. The zero-order valence-electron chi connectivity index (χ0n) is 12.1. The van der Waals surface area contributed by atoms with E-state index < -0.39 is 0 Å². The van der Waals surface area contributed by atoms with Gasteiger partial charge in [-0.05, 0) is 57.5 Å². The predicted molar refractivity (Wildman–Crippen MR) is 75.7 cm³/mol. The van der Waals surface area contributed by atoms with Crippen LogP contribution in [0.15, 0.2) is 0 Å². The van der Waals surface area contributed by atoms with E-state index in [1.807, 2.05) is 0 Å². The van der Waals surface area contributed by atoms with Crippen molar-refractivity contribution in [3.8, 4) is 0 Å². The summed E-state index contributed by atoms with van der Waals surface area (Å²) in [5.41, 5.74) is 0.00889. The van der Waals surface area contributed by atoms with Crippen LogP contribution in [-0.4, -0.2) is 47.8 Å². The van der Waals surface area contributed by atoms with Crippen molar-refractivity contribution < 1.29 is 5.11 Å². The van der Waals surface area contributed by atoms with Crippen molar-refractivity contribution in [2.45, 2.75) is 64.0 Å². The first kappa shape index (κ1) is 14.3. The van der Waals surface area contributed by atoms with E-state index in [-0.39, 0.29) is 5.54 Å². The van der Waals surface area contributed by atoms with Crippen LogP contribution in [0.1, 0.15) is 52.4 Å². The molecule has 3 heteroatoms. The standard InChI is InChI=1S/C15H30N2O/c1-3-9-17(11-13-5-6-13)14-7-8-15(10-14,12-18)16-4-2/h13-14,16,18H,3-12H2,1-2H3. The average molecular weight is 254 g/mol. The van der Waals surface area contributed by atoms with Gasteiger partial charge in [0.2, 0.25) is 0 Å². The molecule has 3 nitrogen and oxygen atoms in total. The van der Waals surface area contributed by atoms with Crippen LogP contribution in [-0.2, 0) is 0 Å². The Kier molecular flexibility index (Phi) is 5.05. The Bertz CT molecular complexity index is 255. The molecule has 0 aromatic rings. The van der Waals surface area contributed by atoms with E-state index >= 15 is 0 Å². The van der Waals surface area contributed by atoms with E-state index in [1.54, 1.807) is 0 Å². The number of nitrogens with zero attached hydrogens (tertiary/aromatic N) is 1. The summed E-state index contributed by atoms with van der Waals surface area (Å²) in [6.45, 7) is 8.20. The minimum atomic E-state index is 0.00889. The smallest absolute Gasteiger partial charge is 0.0613 e. The fraction of sp³-hybridized carbons (Fsp3) is 1.00. The van der Waals surface area contributed by atoms with Gasteiger partial charge in [-0.25, -0.2) is 0 Å². The number of likely N-dealkylation sites (N-methyl/N-ethyl adjacent to an activating group) is 1. The maximum Gasteiger partial charge on any atom is 0.0613 e. The summed E-state index contributed by atoms with van der Waals surface area (Å²) in [6, 6.07) is 0.691. The lowest BCUT2D eigenvalue weighted by atomic mass is 9.98. The summed E-state index contributed by atoms with van der Waals surface area (Å²) in [6.07, 6.45) is 7.63.